The molecule has 0 amide bonds. The molecule has 0 bridgehead atoms. The van der Waals surface area contributed by atoms with E-state index in [-0.39, 0.29) is 10.4 Å². The van der Waals surface area contributed by atoms with Crippen LogP contribution in [0.25, 0.3) is 21.6 Å². The van der Waals surface area contributed by atoms with Crippen molar-refractivity contribution in [2.75, 3.05) is 0 Å². The number of aromatic nitrogens is 2. The SMILES string of the molecule is Cc1c(C(=O)O)sc2nc(-c3ccccc3)n(CCCC#N)c(=O)c12. The lowest BCUT2D eigenvalue weighted by atomic mass is 10.1. The van der Waals surface area contributed by atoms with Crippen molar-refractivity contribution in [3.63, 3.8) is 0 Å². The zero-order valence-corrected chi connectivity index (χ0v) is 14.3. The van der Waals surface area contributed by atoms with Crippen molar-refractivity contribution < 1.29 is 9.90 Å². The van der Waals surface area contributed by atoms with Crippen molar-refractivity contribution in [3.8, 4) is 17.5 Å². The predicted octanol–water partition coefficient (Wildman–Crippen LogP) is 3.44. The van der Waals surface area contributed by atoms with Crippen molar-refractivity contribution in [1.29, 1.82) is 5.26 Å². The fourth-order valence-corrected chi connectivity index (χ4v) is 3.76. The molecule has 0 saturated heterocycles. The Labute approximate surface area is 147 Å². The lowest BCUT2D eigenvalue weighted by Gasteiger charge is -2.12. The summed E-state index contributed by atoms with van der Waals surface area (Å²) in [4.78, 5) is 29.6. The molecule has 1 aromatic carbocycles. The van der Waals surface area contributed by atoms with Crippen LogP contribution < -0.4 is 5.56 Å². The quantitative estimate of drug-likeness (QED) is 0.709. The first-order chi connectivity index (χ1) is 12.0. The van der Waals surface area contributed by atoms with Crippen LogP contribution in [0, 0.1) is 18.3 Å². The Morgan fingerprint density at radius 3 is 2.72 bits per heavy atom. The van der Waals surface area contributed by atoms with Crippen LogP contribution in [0.1, 0.15) is 28.1 Å². The van der Waals surface area contributed by atoms with E-state index >= 15 is 0 Å². The van der Waals surface area contributed by atoms with Gasteiger partial charge >= 0.3 is 5.97 Å². The van der Waals surface area contributed by atoms with E-state index in [2.05, 4.69) is 11.1 Å². The summed E-state index contributed by atoms with van der Waals surface area (Å²) < 4.78 is 1.54. The Morgan fingerprint density at radius 2 is 2.08 bits per heavy atom. The average Bonchev–Trinajstić information content (AvgIpc) is 2.95. The van der Waals surface area contributed by atoms with Gasteiger partial charge in [0.05, 0.1) is 11.5 Å². The Bertz CT molecular complexity index is 1050. The lowest BCUT2D eigenvalue weighted by Crippen LogP contribution is -2.23. The monoisotopic (exact) mass is 353 g/mol. The number of fused-ring (bicyclic) bond motifs is 1. The number of aryl methyl sites for hydroxylation is 1. The first-order valence-electron chi connectivity index (χ1n) is 7.74. The number of hydrogen-bond acceptors (Lipinski definition) is 5. The van der Waals surface area contributed by atoms with Crippen LogP contribution in [0.4, 0.5) is 0 Å². The molecule has 0 spiro atoms. The molecule has 2 aromatic heterocycles. The fraction of sp³-hybridized carbons (Fsp3) is 0.222. The van der Waals surface area contributed by atoms with Crippen molar-refractivity contribution >= 4 is 27.5 Å². The molecule has 0 atom stereocenters. The van der Waals surface area contributed by atoms with E-state index in [1.54, 1.807) is 11.5 Å². The number of rotatable bonds is 5. The summed E-state index contributed by atoms with van der Waals surface area (Å²) >= 11 is 1.02. The van der Waals surface area contributed by atoms with E-state index in [4.69, 9.17) is 5.26 Å². The van der Waals surface area contributed by atoms with E-state index in [9.17, 15) is 14.7 Å². The highest BCUT2D eigenvalue weighted by molar-refractivity contribution is 7.20. The number of aromatic carboxylic acids is 1. The van der Waals surface area contributed by atoms with Crippen LogP contribution in [-0.2, 0) is 6.54 Å². The molecule has 1 N–H and O–H groups in total. The second-order valence-electron chi connectivity index (χ2n) is 5.56. The van der Waals surface area contributed by atoms with E-state index in [0.717, 1.165) is 16.9 Å². The number of nitriles is 1. The van der Waals surface area contributed by atoms with Gasteiger partial charge in [-0.25, -0.2) is 9.78 Å². The highest BCUT2D eigenvalue weighted by Gasteiger charge is 2.21. The van der Waals surface area contributed by atoms with Gasteiger partial charge in [0, 0.05) is 18.5 Å². The lowest BCUT2D eigenvalue weighted by molar-refractivity contribution is 0.0701. The van der Waals surface area contributed by atoms with Crippen molar-refractivity contribution in [1.82, 2.24) is 9.55 Å². The summed E-state index contributed by atoms with van der Waals surface area (Å²) in [5.41, 5.74) is 0.961. The van der Waals surface area contributed by atoms with Crippen molar-refractivity contribution in [2.45, 2.75) is 26.3 Å². The summed E-state index contributed by atoms with van der Waals surface area (Å²) in [6.45, 7) is 1.99. The highest BCUT2D eigenvalue weighted by atomic mass is 32.1. The summed E-state index contributed by atoms with van der Waals surface area (Å²) in [5.74, 6) is -0.563. The molecule has 7 heteroatoms. The van der Waals surface area contributed by atoms with E-state index in [1.165, 1.54) is 0 Å². The number of carbonyl (C=O) groups is 1. The number of carboxylic acid groups (broad SMARTS) is 1. The van der Waals surface area contributed by atoms with Crippen LogP contribution in [0.15, 0.2) is 35.1 Å². The van der Waals surface area contributed by atoms with Gasteiger partial charge in [-0.15, -0.1) is 11.3 Å². The van der Waals surface area contributed by atoms with E-state index in [0.29, 0.717) is 41.0 Å². The Kier molecular flexibility index (Phi) is 4.63. The van der Waals surface area contributed by atoms with Crippen LogP contribution in [-0.4, -0.2) is 20.6 Å². The minimum Gasteiger partial charge on any atom is -0.477 e. The number of hydrogen-bond donors (Lipinski definition) is 1. The molecule has 0 aliphatic rings. The number of thiophene rings is 1. The molecule has 3 aromatic rings. The molecule has 126 valence electrons. The van der Waals surface area contributed by atoms with Gasteiger partial charge in [-0.1, -0.05) is 30.3 Å². The minimum absolute atomic E-state index is 0.133. The first kappa shape index (κ1) is 16.9. The number of carboxylic acids is 1. The maximum Gasteiger partial charge on any atom is 0.346 e. The van der Waals surface area contributed by atoms with Gasteiger partial charge in [0.2, 0.25) is 0 Å². The Balaban J connectivity index is 2.29. The van der Waals surface area contributed by atoms with Gasteiger partial charge in [0.25, 0.3) is 5.56 Å². The molecule has 0 saturated carbocycles. The smallest absolute Gasteiger partial charge is 0.346 e. The Hall–Kier alpha value is -2.98. The standard InChI is InChI=1S/C18H15N3O3S/c1-11-13-16(25-14(11)18(23)24)20-15(12-7-3-2-4-8-12)21(17(13)22)10-6-5-9-19/h2-4,7-8H,5-6,10H2,1H3,(H,23,24). The van der Waals surface area contributed by atoms with Crippen LogP contribution in [0.2, 0.25) is 0 Å². The third-order valence-corrected chi connectivity index (χ3v) is 5.12. The fourth-order valence-electron chi connectivity index (χ4n) is 2.75. The van der Waals surface area contributed by atoms with Crippen LogP contribution in [0.5, 0.6) is 0 Å². The van der Waals surface area contributed by atoms with E-state index < -0.39 is 5.97 Å². The summed E-state index contributed by atoms with van der Waals surface area (Å²) in [7, 11) is 0. The van der Waals surface area contributed by atoms with Crippen molar-refractivity contribution in [2.24, 2.45) is 0 Å². The third-order valence-electron chi connectivity index (χ3n) is 3.95. The number of unbranched alkanes of at least 4 members (excludes halogenated alkanes) is 1. The number of nitrogens with zero attached hydrogens (tertiary/aromatic N) is 3. The molecule has 0 aliphatic heterocycles. The molecule has 6 nitrogen and oxygen atoms in total. The summed E-state index contributed by atoms with van der Waals surface area (Å²) in [5, 5.41) is 18.4. The maximum atomic E-state index is 13.0. The third kappa shape index (κ3) is 3.04. The molecule has 0 unspecified atom stereocenters. The molecular weight excluding hydrogens is 338 g/mol. The van der Waals surface area contributed by atoms with Gasteiger partial charge in [-0.3, -0.25) is 9.36 Å². The van der Waals surface area contributed by atoms with E-state index in [1.807, 2.05) is 30.3 Å². The van der Waals surface area contributed by atoms with Crippen LogP contribution >= 0.6 is 11.3 Å². The predicted molar refractivity (Wildman–Crippen MR) is 95.9 cm³/mol. The van der Waals surface area contributed by atoms with Crippen molar-refractivity contribution in [3.05, 3.63) is 51.1 Å². The van der Waals surface area contributed by atoms with Gasteiger partial charge in [-0.05, 0) is 18.9 Å². The minimum atomic E-state index is -1.06. The highest BCUT2D eigenvalue weighted by Crippen LogP contribution is 2.29. The molecular formula is C18H15N3O3S. The van der Waals surface area contributed by atoms with Gasteiger partial charge in [0.1, 0.15) is 15.5 Å². The summed E-state index contributed by atoms with van der Waals surface area (Å²) in [6.07, 6.45) is 0.861. The molecule has 0 fully saturated rings. The summed E-state index contributed by atoms with van der Waals surface area (Å²) in [6, 6.07) is 11.4. The molecule has 3 rings (SSSR count). The zero-order valence-electron chi connectivity index (χ0n) is 13.5. The van der Waals surface area contributed by atoms with Gasteiger partial charge < -0.3 is 5.11 Å². The molecule has 0 aliphatic carbocycles. The second-order valence-corrected chi connectivity index (χ2v) is 6.56. The molecule has 25 heavy (non-hydrogen) atoms. The molecule has 0 radical (unpaired) electrons. The second kappa shape index (κ2) is 6.87. The van der Waals surface area contributed by atoms with Gasteiger partial charge in [0.15, 0.2) is 0 Å². The average molecular weight is 353 g/mol. The van der Waals surface area contributed by atoms with Crippen LogP contribution in [0.3, 0.4) is 0 Å². The maximum absolute atomic E-state index is 13.0. The Morgan fingerprint density at radius 1 is 1.36 bits per heavy atom. The molecule has 2 heterocycles. The largest absolute Gasteiger partial charge is 0.477 e. The van der Waals surface area contributed by atoms with Gasteiger partial charge in [-0.2, -0.15) is 5.26 Å². The topological polar surface area (TPSA) is 96.0 Å². The number of benzene rings is 1. The first-order valence-corrected chi connectivity index (χ1v) is 8.56. The zero-order chi connectivity index (χ0) is 18.0. The normalized spacial score (nSPS) is 10.7.